The van der Waals surface area contributed by atoms with E-state index in [1.165, 1.54) is 27.5 Å². The molecule has 3 aromatic rings. The van der Waals surface area contributed by atoms with Crippen molar-refractivity contribution in [3.05, 3.63) is 68.6 Å². The lowest BCUT2D eigenvalue weighted by molar-refractivity contribution is -0.123. The lowest BCUT2D eigenvalue weighted by Crippen LogP contribution is -2.42. The Morgan fingerprint density at radius 3 is 2.26 bits per heavy atom. The van der Waals surface area contributed by atoms with Crippen LogP contribution in [0.5, 0.6) is 5.75 Å². The first-order valence-electron chi connectivity index (χ1n) is 13.7. The Balaban J connectivity index is 1.27. The number of hydrogen-bond donors (Lipinski definition) is 1. The van der Waals surface area contributed by atoms with Crippen molar-refractivity contribution in [1.82, 2.24) is 4.98 Å². The molecule has 7 rings (SSSR count). The van der Waals surface area contributed by atoms with Gasteiger partial charge in [0.05, 0.1) is 29.7 Å². The molecule has 4 aliphatic rings. The fourth-order valence-corrected chi connectivity index (χ4v) is 10.7. The summed E-state index contributed by atoms with van der Waals surface area (Å²) >= 11 is 3.03. The van der Waals surface area contributed by atoms with Crippen molar-refractivity contribution in [3.8, 4) is 5.75 Å². The van der Waals surface area contributed by atoms with Crippen molar-refractivity contribution >= 4 is 46.3 Å². The number of nitrogens with one attached hydrogen (secondary N) is 1. The second kappa shape index (κ2) is 9.27. The molecule has 9 heteroatoms. The zero-order valence-corrected chi connectivity index (χ0v) is 23.8. The third-order valence-electron chi connectivity index (χ3n) is 9.44. The van der Waals surface area contributed by atoms with E-state index >= 15 is 0 Å². The van der Waals surface area contributed by atoms with E-state index in [9.17, 15) is 14.4 Å². The number of carbonyl (C=O) groups is 2. The first kappa shape index (κ1) is 25.0. The molecular formula is C30H31N3O4S2. The summed E-state index contributed by atoms with van der Waals surface area (Å²) in [6.07, 6.45) is 0.888. The normalized spacial score (nSPS) is 30.3. The minimum atomic E-state index is -0.305. The summed E-state index contributed by atoms with van der Waals surface area (Å²) in [5.41, 5.74) is 2.99. The number of thiazole rings is 1. The number of hydrogen-bond acceptors (Lipinski definition) is 7. The van der Waals surface area contributed by atoms with Crippen LogP contribution in [0, 0.1) is 29.6 Å². The van der Waals surface area contributed by atoms with Crippen molar-refractivity contribution in [2.45, 2.75) is 36.5 Å². The van der Waals surface area contributed by atoms with Gasteiger partial charge in [0.15, 0.2) is 0 Å². The van der Waals surface area contributed by atoms with Crippen molar-refractivity contribution in [1.29, 1.82) is 0 Å². The van der Waals surface area contributed by atoms with Crippen LogP contribution in [0.1, 0.15) is 36.6 Å². The van der Waals surface area contributed by atoms with Gasteiger partial charge in [-0.05, 0) is 80.0 Å². The van der Waals surface area contributed by atoms with Gasteiger partial charge in [-0.1, -0.05) is 23.5 Å². The van der Waals surface area contributed by atoms with Gasteiger partial charge in [0.1, 0.15) is 5.75 Å². The molecule has 1 N–H and O–H groups in total. The molecule has 2 saturated carbocycles. The SMILES string of the molecule is CCN(CC)c1ccc([C@H]2c3sc(=O)[nH]c3SC3C4CC(C5C(=O)N(c6ccc(OC)cc6)C(=O)C45)C32)cc1. The summed E-state index contributed by atoms with van der Waals surface area (Å²) in [5, 5.41) is 1.13. The largest absolute Gasteiger partial charge is 0.497 e. The fourth-order valence-electron chi connectivity index (χ4n) is 7.86. The van der Waals surface area contributed by atoms with E-state index in [1.54, 1.807) is 43.1 Å². The van der Waals surface area contributed by atoms with Crippen LogP contribution in [0.3, 0.4) is 0 Å². The molecule has 202 valence electrons. The Morgan fingerprint density at radius 1 is 0.949 bits per heavy atom. The topological polar surface area (TPSA) is 82.7 Å². The van der Waals surface area contributed by atoms with Crippen LogP contribution >= 0.6 is 23.1 Å². The molecule has 2 aliphatic carbocycles. The maximum Gasteiger partial charge on any atom is 0.305 e. The van der Waals surface area contributed by atoms with Crippen molar-refractivity contribution < 1.29 is 14.3 Å². The number of ether oxygens (including phenoxy) is 1. The maximum atomic E-state index is 13.9. The minimum absolute atomic E-state index is 0.0369. The van der Waals surface area contributed by atoms with Crippen LogP contribution in [0.25, 0.3) is 0 Å². The van der Waals surface area contributed by atoms with Crippen molar-refractivity contribution in [2.75, 3.05) is 30.0 Å². The van der Waals surface area contributed by atoms with Gasteiger partial charge >= 0.3 is 4.87 Å². The number of amides is 2. The molecule has 7 atom stereocenters. The molecule has 2 aliphatic heterocycles. The maximum absolute atomic E-state index is 13.9. The molecule has 7 nitrogen and oxygen atoms in total. The number of aromatic amines is 1. The van der Waals surface area contributed by atoms with E-state index in [0.29, 0.717) is 11.4 Å². The van der Waals surface area contributed by atoms with Gasteiger partial charge in [-0.15, -0.1) is 11.8 Å². The number of aromatic nitrogens is 1. The van der Waals surface area contributed by atoms with Gasteiger partial charge in [-0.25, -0.2) is 0 Å². The quantitative estimate of drug-likeness (QED) is 0.428. The first-order chi connectivity index (χ1) is 18.9. The highest BCUT2D eigenvalue weighted by Gasteiger charge is 2.69. The number of anilines is 2. The Labute approximate surface area is 235 Å². The molecule has 3 fully saturated rings. The Morgan fingerprint density at radius 2 is 1.62 bits per heavy atom. The molecule has 0 radical (unpaired) electrons. The summed E-state index contributed by atoms with van der Waals surface area (Å²) in [6, 6.07) is 15.9. The molecule has 2 bridgehead atoms. The zero-order valence-electron chi connectivity index (χ0n) is 22.1. The van der Waals surface area contributed by atoms with Crippen LogP contribution in [0.4, 0.5) is 11.4 Å². The number of carbonyl (C=O) groups excluding carboxylic acids is 2. The number of H-pyrrole nitrogens is 1. The highest BCUT2D eigenvalue weighted by molar-refractivity contribution is 8.00. The van der Waals surface area contributed by atoms with Crippen LogP contribution < -0.4 is 19.4 Å². The average molecular weight is 562 g/mol. The monoisotopic (exact) mass is 561 g/mol. The van der Waals surface area contributed by atoms with Crippen molar-refractivity contribution in [3.63, 3.8) is 0 Å². The summed E-state index contributed by atoms with van der Waals surface area (Å²) in [4.78, 5) is 48.1. The van der Waals surface area contributed by atoms with Crippen LogP contribution in [0.2, 0.25) is 0 Å². The van der Waals surface area contributed by atoms with Gasteiger partial charge in [0.25, 0.3) is 0 Å². The number of rotatable bonds is 6. The predicted octanol–water partition coefficient (Wildman–Crippen LogP) is 4.97. The van der Waals surface area contributed by atoms with Gasteiger partial charge in [-0.2, -0.15) is 0 Å². The van der Waals surface area contributed by atoms with Crippen LogP contribution in [0.15, 0.2) is 58.4 Å². The van der Waals surface area contributed by atoms with E-state index in [2.05, 4.69) is 48.0 Å². The molecule has 2 amide bonds. The number of fused-ring (bicyclic) bond motifs is 9. The second-order valence-electron chi connectivity index (χ2n) is 10.9. The smallest absolute Gasteiger partial charge is 0.305 e. The van der Waals surface area contributed by atoms with Gasteiger partial charge < -0.3 is 14.6 Å². The van der Waals surface area contributed by atoms with E-state index in [1.807, 2.05) is 0 Å². The lowest BCUT2D eigenvalue weighted by Gasteiger charge is -2.43. The van der Waals surface area contributed by atoms with Gasteiger partial charge in [-0.3, -0.25) is 19.3 Å². The summed E-state index contributed by atoms with van der Waals surface area (Å²) in [5.74, 6) is 0.398. The molecule has 39 heavy (non-hydrogen) atoms. The third kappa shape index (κ3) is 3.58. The fraction of sp³-hybridized carbons (Fsp3) is 0.433. The summed E-state index contributed by atoms with van der Waals surface area (Å²) in [6.45, 7) is 6.20. The van der Waals surface area contributed by atoms with E-state index in [-0.39, 0.29) is 57.4 Å². The van der Waals surface area contributed by atoms with Crippen molar-refractivity contribution in [2.24, 2.45) is 29.6 Å². The molecule has 1 saturated heterocycles. The number of methoxy groups -OCH3 is 1. The van der Waals surface area contributed by atoms with Crippen LogP contribution in [-0.2, 0) is 9.59 Å². The molecule has 2 aromatic carbocycles. The highest BCUT2D eigenvalue weighted by atomic mass is 32.2. The number of imide groups is 1. The molecular weight excluding hydrogens is 530 g/mol. The number of thioether (sulfide) groups is 1. The molecule has 6 unspecified atom stereocenters. The Kier molecular flexibility index (Phi) is 5.93. The number of benzene rings is 2. The standard InChI is InChI=1S/C30H31N3O4S2/c1-4-32(5-2)16-8-6-15(7-9-16)21-22-19-14-20(25(22)38-27-26(21)39-30(36)31-27)24-23(19)28(34)33(29(24)35)17-10-12-18(37-3)13-11-17/h6-13,19-25H,4-5,14H2,1-3H3,(H,31,36)/t19?,20?,21-,22?,23?,24?,25?/m1/s1. The Hall–Kier alpha value is -3.04. The van der Waals surface area contributed by atoms with Gasteiger partial charge in [0, 0.05) is 34.8 Å². The van der Waals surface area contributed by atoms with E-state index in [4.69, 9.17) is 4.74 Å². The Bertz CT molecular complexity index is 1490. The predicted molar refractivity (Wildman–Crippen MR) is 154 cm³/mol. The second-order valence-corrected chi connectivity index (χ2v) is 13.1. The van der Waals surface area contributed by atoms with E-state index < -0.39 is 0 Å². The summed E-state index contributed by atoms with van der Waals surface area (Å²) in [7, 11) is 1.60. The lowest BCUT2D eigenvalue weighted by atomic mass is 9.68. The molecule has 0 spiro atoms. The van der Waals surface area contributed by atoms with Gasteiger partial charge in [0.2, 0.25) is 11.8 Å². The van der Waals surface area contributed by atoms with E-state index in [0.717, 1.165) is 29.4 Å². The average Bonchev–Trinajstić information content (AvgIpc) is 3.69. The molecule has 3 heterocycles. The highest BCUT2D eigenvalue weighted by Crippen LogP contribution is 2.68. The minimum Gasteiger partial charge on any atom is -0.497 e. The third-order valence-corrected chi connectivity index (χ3v) is 12.0. The number of nitrogens with zero attached hydrogens (tertiary/aromatic N) is 2. The summed E-state index contributed by atoms with van der Waals surface area (Å²) < 4.78 is 5.27. The first-order valence-corrected chi connectivity index (χ1v) is 15.4. The van der Waals surface area contributed by atoms with Crippen LogP contribution in [-0.4, -0.2) is 42.2 Å². The molecule has 1 aromatic heterocycles. The zero-order chi connectivity index (χ0) is 27.0.